The lowest BCUT2D eigenvalue weighted by atomic mass is 9.99. The Hall–Kier alpha value is -0.570. The Kier molecular flexibility index (Phi) is 3.53. The van der Waals surface area contributed by atoms with Crippen LogP contribution in [0.2, 0.25) is 0 Å². The van der Waals surface area contributed by atoms with Crippen LogP contribution in [0.15, 0.2) is 0 Å². The fourth-order valence-corrected chi connectivity index (χ4v) is 1.61. The molecule has 3 heteroatoms. The molecule has 0 radical (unpaired) electrons. The predicted molar refractivity (Wildman–Crippen MR) is 45.4 cm³/mol. The molecule has 1 unspecified atom stereocenters. The number of hydrogen-bond acceptors (Lipinski definition) is 2. The highest BCUT2D eigenvalue weighted by Gasteiger charge is 2.25. The zero-order valence-electron chi connectivity index (χ0n) is 7.64. The van der Waals surface area contributed by atoms with Gasteiger partial charge in [0.2, 0.25) is 0 Å². The summed E-state index contributed by atoms with van der Waals surface area (Å²) in [7, 11) is 3.90. The molecular weight excluding hydrogens is 154 g/mol. The van der Waals surface area contributed by atoms with Crippen LogP contribution in [0.1, 0.15) is 19.8 Å². The van der Waals surface area contributed by atoms with E-state index in [0.29, 0.717) is 6.61 Å². The average molecular weight is 171 g/mol. The monoisotopic (exact) mass is 171 g/mol. The van der Waals surface area contributed by atoms with Crippen LogP contribution >= 0.6 is 0 Å². The minimum absolute atomic E-state index is 0.0432. The van der Waals surface area contributed by atoms with Gasteiger partial charge in [0.15, 0.2) is 0 Å². The molecule has 1 rings (SSSR count). The fraction of sp³-hybridized carbons (Fsp3) is 0.778. The Bertz CT molecular complexity index is 159. The molecule has 1 aliphatic heterocycles. The fourth-order valence-electron chi connectivity index (χ4n) is 1.61. The summed E-state index contributed by atoms with van der Waals surface area (Å²) < 4.78 is 4.95. The van der Waals surface area contributed by atoms with Gasteiger partial charge in [-0.3, -0.25) is 4.79 Å². The molecule has 70 valence electrons. The number of ether oxygens (including phenoxy) is 1. The maximum atomic E-state index is 11.3. The van der Waals surface area contributed by atoms with Crippen LogP contribution in [-0.2, 0) is 9.53 Å². The van der Waals surface area contributed by atoms with Crippen LogP contribution in [0.5, 0.6) is 0 Å². The molecule has 0 saturated carbocycles. The molecule has 2 atom stereocenters. The van der Waals surface area contributed by atoms with E-state index in [4.69, 9.17) is 4.74 Å². The van der Waals surface area contributed by atoms with Crippen LogP contribution in [0, 0.1) is 13.0 Å². The van der Waals surface area contributed by atoms with Gasteiger partial charge >= 0.3 is 5.97 Å². The zero-order valence-corrected chi connectivity index (χ0v) is 7.64. The molecule has 0 amide bonds. The molecule has 0 bridgehead atoms. The molecule has 0 aliphatic carbocycles. The molecule has 12 heavy (non-hydrogen) atoms. The van der Waals surface area contributed by atoms with Gasteiger partial charge in [0, 0.05) is 0 Å². The first-order valence-electron chi connectivity index (χ1n) is 4.57. The standard InChI is InChI=1S/C9H17NO2/c1-3-12-9(11)8-5-4-6-10(2)7-8/h8,10H,2-7H2,1H3/t8-/m0/s1. The van der Waals surface area contributed by atoms with Crippen molar-refractivity contribution in [2.75, 3.05) is 19.7 Å². The number of piperidine rings is 1. The normalized spacial score (nSPS) is 29.8. The number of esters is 1. The minimum atomic E-state index is -0.0432. The van der Waals surface area contributed by atoms with E-state index in [1.54, 1.807) is 0 Å². The molecule has 3 nitrogen and oxygen atoms in total. The van der Waals surface area contributed by atoms with Gasteiger partial charge in [-0.25, -0.2) is 0 Å². The number of likely N-dealkylation sites (tertiary alicyclic amines) is 1. The minimum Gasteiger partial charge on any atom is -0.467 e. The Morgan fingerprint density at radius 3 is 3.08 bits per heavy atom. The van der Waals surface area contributed by atoms with E-state index in [0.717, 1.165) is 25.9 Å². The number of nitrogens with one attached hydrogen (secondary N) is 1. The summed E-state index contributed by atoms with van der Waals surface area (Å²) >= 11 is 0. The summed E-state index contributed by atoms with van der Waals surface area (Å²) in [6, 6.07) is 0. The van der Waals surface area contributed by atoms with Crippen molar-refractivity contribution in [3.05, 3.63) is 7.05 Å². The largest absolute Gasteiger partial charge is 0.467 e. The van der Waals surface area contributed by atoms with Crippen molar-refractivity contribution in [3.8, 4) is 0 Å². The highest BCUT2D eigenvalue weighted by molar-refractivity contribution is 5.72. The van der Waals surface area contributed by atoms with Crippen molar-refractivity contribution in [1.29, 1.82) is 0 Å². The van der Waals surface area contributed by atoms with E-state index in [1.165, 1.54) is 4.90 Å². The number of carbonyl (C=O) groups is 1. The third-order valence-electron chi connectivity index (χ3n) is 2.24. The van der Waals surface area contributed by atoms with Gasteiger partial charge in [-0.2, -0.15) is 7.05 Å². The smallest absolute Gasteiger partial charge is 0.314 e. The average Bonchev–Trinajstić information content (AvgIpc) is 2.05. The first-order valence-corrected chi connectivity index (χ1v) is 4.57. The second-order valence-electron chi connectivity index (χ2n) is 3.30. The molecule has 0 aromatic heterocycles. The van der Waals surface area contributed by atoms with E-state index in [9.17, 15) is 4.79 Å². The van der Waals surface area contributed by atoms with Crippen molar-refractivity contribution in [1.82, 2.24) is 0 Å². The summed E-state index contributed by atoms with van der Waals surface area (Å²) in [5.41, 5.74) is 0. The molecule has 0 aromatic carbocycles. The van der Waals surface area contributed by atoms with E-state index in [-0.39, 0.29) is 11.9 Å². The van der Waals surface area contributed by atoms with Crippen LogP contribution in [0.4, 0.5) is 0 Å². The lowest BCUT2D eigenvalue weighted by molar-refractivity contribution is -0.862. The van der Waals surface area contributed by atoms with Crippen LogP contribution in [0.25, 0.3) is 0 Å². The van der Waals surface area contributed by atoms with Gasteiger partial charge in [0.25, 0.3) is 0 Å². The summed E-state index contributed by atoms with van der Waals surface area (Å²) in [6.45, 7) is 4.24. The van der Waals surface area contributed by atoms with Gasteiger partial charge in [0.1, 0.15) is 5.92 Å². The lowest BCUT2D eigenvalue weighted by Crippen LogP contribution is -3.08. The van der Waals surface area contributed by atoms with Gasteiger partial charge in [-0.05, 0) is 19.8 Å². The second-order valence-corrected chi connectivity index (χ2v) is 3.30. The second kappa shape index (κ2) is 4.45. The van der Waals surface area contributed by atoms with Crippen molar-refractivity contribution >= 4 is 5.97 Å². The highest BCUT2D eigenvalue weighted by atomic mass is 16.5. The summed E-state index contributed by atoms with van der Waals surface area (Å²) in [6.07, 6.45) is 2.06. The molecule has 1 aliphatic rings. The summed E-state index contributed by atoms with van der Waals surface area (Å²) in [5, 5.41) is 0. The molecule has 0 aromatic rings. The third-order valence-corrected chi connectivity index (χ3v) is 2.24. The van der Waals surface area contributed by atoms with Crippen LogP contribution in [-0.4, -0.2) is 25.7 Å². The lowest BCUT2D eigenvalue weighted by Gasteiger charge is -2.30. The van der Waals surface area contributed by atoms with Gasteiger partial charge < -0.3 is 9.64 Å². The van der Waals surface area contributed by atoms with Crippen molar-refractivity contribution in [2.24, 2.45) is 5.92 Å². The Labute approximate surface area is 73.7 Å². The Morgan fingerprint density at radius 2 is 2.50 bits per heavy atom. The van der Waals surface area contributed by atoms with E-state index >= 15 is 0 Å². The van der Waals surface area contributed by atoms with Crippen molar-refractivity contribution < 1.29 is 14.4 Å². The molecule has 1 N–H and O–H groups in total. The number of rotatable bonds is 2. The molecule has 1 heterocycles. The predicted octanol–water partition coefficient (Wildman–Crippen LogP) is -0.364. The molecular formula is C9H17NO2. The van der Waals surface area contributed by atoms with Crippen LogP contribution < -0.4 is 4.90 Å². The molecule has 1 saturated heterocycles. The Morgan fingerprint density at radius 1 is 1.75 bits per heavy atom. The number of quaternary nitrogens is 1. The SMILES string of the molecule is [CH2-][NH+]1CCC[C@H](C(=O)OCC)C1. The number of hydrogen-bond donors (Lipinski definition) is 1. The Balaban J connectivity index is 2.35. The first kappa shape index (κ1) is 9.52. The van der Waals surface area contributed by atoms with Gasteiger partial charge in [-0.15, -0.1) is 0 Å². The summed E-state index contributed by atoms with van der Waals surface area (Å²) in [4.78, 5) is 12.5. The first-order chi connectivity index (χ1) is 5.74. The highest BCUT2D eigenvalue weighted by Crippen LogP contribution is 2.08. The van der Waals surface area contributed by atoms with E-state index in [1.807, 2.05) is 6.92 Å². The van der Waals surface area contributed by atoms with Gasteiger partial charge in [-0.1, -0.05) is 0 Å². The van der Waals surface area contributed by atoms with Crippen molar-refractivity contribution in [2.45, 2.75) is 19.8 Å². The third kappa shape index (κ3) is 2.48. The summed E-state index contributed by atoms with van der Waals surface area (Å²) in [5.74, 6) is 0.0459. The quantitative estimate of drug-likeness (QED) is 0.454. The molecule has 1 fully saturated rings. The topological polar surface area (TPSA) is 30.7 Å². The molecule has 0 spiro atoms. The number of carbonyl (C=O) groups excluding carboxylic acids is 1. The zero-order chi connectivity index (χ0) is 8.97. The maximum Gasteiger partial charge on any atom is 0.314 e. The van der Waals surface area contributed by atoms with Gasteiger partial charge in [0.05, 0.1) is 19.7 Å². The van der Waals surface area contributed by atoms with Crippen LogP contribution in [0.3, 0.4) is 0 Å². The van der Waals surface area contributed by atoms with E-state index in [2.05, 4.69) is 7.05 Å². The van der Waals surface area contributed by atoms with E-state index < -0.39 is 0 Å². The maximum absolute atomic E-state index is 11.3. The van der Waals surface area contributed by atoms with Crippen molar-refractivity contribution in [3.63, 3.8) is 0 Å².